The van der Waals surface area contributed by atoms with E-state index in [4.69, 9.17) is 16.9 Å². The Hall–Kier alpha value is -0.850. The van der Waals surface area contributed by atoms with Crippen molar-refractivity contribution >= 4 is 28.0 Å². The lowest BCUT2D eigenvalue weighted by atomic mass is 10.1. The predicted molar refractivity (Wildman–Crippen MR) is 60.1 cm³/mol. The lowest BCUT2D eigenvalue weighted by Crippen LogP contribution is -1.85. The van der Waals surface area contributed by atoms with Crippen LogP contribution in [0.2, 0.25) is 0 Å². The molecule has 0 saturated carbocycles. The van der Waals surface area contributed by atoms with Gasteiger partial charge in [-0.3, -0.25) is 0 Å². The molecule has 14 heavy (non-hydrogen) atoms. The van der Waals surface area contributed by atoms with Crippen molar-refractivity contribution < 1.29 is 0 Å². The van der Waals surface area contributed by atoms with Gasteiger partial charge in [-0.15, -0.1) is 11.3 Å². The normalized spacial score (nSPS) is 12.1. The molecule has 0 fully saturated rings. The summed E-state index contributed by atoms with van der Waals surface area (Å²) in [6.07, 6.45) is 1.63. The molecule has 0 aliphatic carbocycles. The van der Waals surface area contributed by atoms with Crippen LogP contribution in [0.3, 0.4) is 0 Å². The number of thiazole rings is 1. The third-order valence-corrected chi connectivity index (χ3v) is 2.94. The first-order valence-corrected chi connectivity index (χ1v) is 5.66. The predicted octanol–water partition coefficient (Wildman–Crippen LogP) is 3.73. The molecule has 0 aliphatic heterocycles. The number of hydrogen-bond acceptors (Lipinski definition) is 3. The molecular weight excluding hydrogens is 216 g/mol. The van der Waals surface area contributed by atoms with Gasteiger partial charge in [0.05, 0.1) is 27.4 Å². The molecule has 0 amide bonds. The summed E-state index contributed by atoms with van der Waals surface area (Å²) in [4.78, 5) is 4.24. The zero-order valence-electron chi connectivity index (χ0n) is 8.17. The monoisotopic (exact) mass is 226 g/mol. The Labute approximate surface area is 92.9 Å². The number of aryl methyl sites for hydroxylation is 1. The van der Waals surface area contributed by atoms with Crippen LogP contribution in [-0.2, 0) is 0 Å². The number of nitriles is 1. The van der Waals surface area contributed by atoms with Crippen molar-refractivity contribution in [3.63, 3.8) is 0 Å². The fraction of sp³-hybridized carbons (Fsp3) is 0.400. The highest BCUT2D eigenvalue weighted by molar-refractivity contribution is 7.09. The van der Waals surface area contributed by atoms with Gasteiger partial charge in [0.1, 0.15) is 0 Å². The lowest BCUT2D eigenvalue weighted by molar-refractivity contribution is 0.932. The minimum atomic E-state index is 0.499. The molecule has 1 aromatic rings. The minimum absolute atomic E-state index is 0.499. The number of allylic oxidation sites excluding steroid dienone is 1. The van der Waals surface area contributed by atoms with Gasteiger partial charge in [0.25, 0.3) is 0 Å². The van der Waals surface area contributed by atoms with E-state index in [0.29, 0.717) is 17.0 Å². The van der Waals surface area contributed by atoms with Crippen LogP contribution >= 0.6 is 22.9 Å². The van der Waals surface area contributed by atoms with Gasteiger partial charge in [0.2, 0.25) is 0 Å². The number of aromatic nitrogens is 1. The Kier molecular flexibility index (Phi) is 4.12. The average molecular weight is 227 g/mol. The second-order valence-electron chi connectivity index (χ2n) is 2.91. The molecule has 1 rings (SSSR count). The van der Waals surface area contributed by atoms with Gasteiger partial charge in [-0.25, -0.2) is 4.98 Å². The smallest absolute Gasteiger partial charge is 0.0963 e. The first-order chi connectivity index (χ1) is 6.69. The summed E-state index contributed by atoms with van der Waals surface area (Å²) in [5.74, 6) is 0. The summed E-state index contributed by atoms with van der Waals surface area (Å²) in [7, 11) is 0. The van der Waals surface area contributed by atoms with Crippen molar-refractivity contribution in [2.75, 3.05) is 0 Å². The summed E-state index contributed by atoms with van der Waals surface area (Å²) in [6, 6.07) is 2.12. The molecule has 0 unspecified atom stereocenters. The zero-order valence-corrected chi connectivity index (χ0v) is 9.74. The summed E-state index contributed by atoms with van der Waals surface area (Å²) in [6.45, 7) is 3.94. The minimum Gasteiger partial charge on any atom is -0.241 e. The van der Waals surface area contributed by atoms with E-state index in [1.165, 1.54) is 11.3 Å². The van der Waals surface area contributed by atoms with E-state index in [9.17, 15) is 0 Å². The van der Waals surface area contributed by atoms with E-state index < -0.39 is 0 Å². The van der Waals surface area contributed by atoms with Gasteiger partial charge in [-0.1, -0.05) is 24.9 Å². The standard InChI is InChI=1S/C10H11ClN2S/c1-3-4-8(5-12)10(11)9-6-14-7(2)13-9/h6H,3-4H2,1-2H3. The number of hydrogen-bond donors (Lipinski definition) is 0. The molecule has 0 atom stereocenters. The number of rotatable bonds is 3. The third-order valence-electron chi connectivity index (χ3n) is 1.74. The molecule has 0 bridgehead atoms. The van der Waals surface area contributed by atoms with Crippen LogP contribution in [0.15, 0.2) is 11.0 Å². The molecular formula is C10H11ClN2S. The first kappa shape index (κ1) is 11.2. The average Bonchev–Trinajstić information content (AvgIpc) is 2.60. The second-order valence-corrected chi connectivity index (χ2v) is 4.35. The molecule has 0 N–H and O–H groups in total. The fourth-order valence-electron chi connectivity index (χ4n) is 1.08. The van der Waals surface area contributed by atoms with Crippen LogP contribution in [0.4, 0.5) is 0 Å². The fourth-order valence-corrected chi connectivity index (χ4v) is 1.99. The summed E-state index contributed by atoms with van der Waals surface area (Å²) < 4.78 is 0. The maximum absolute atomic E-state index is 8.88. The van der Waals surface area contributed by atoms with Gasteiger partial charge in [-0.2, -0.15) is 5.26 Å². The van der Waals surface area contributed by atoms with Crippen LogP contribution in [0.5, 0.6) is 0 Å². The maximum atomic E-state index is 8.88. The number of nitrogens with zero attached hydrogens (tertiary/aromatic N) is 2. The summed E-state index contributed by atoms with van der Waals surface area (Å²) in [5, 5.41) is 12.2. The molecule has 1 heterocycles. The molecule has 74 valence electrons. The van der Waals surface area contributed by atoms with Crippen molar-refractivity contribution in [3.8, 4) is 6.07 Å². The van der Waals surface area contributed by atoms with E-state index in [1.807, 2.05) is 19.2 Å². The Morgan fingerprint density at radius 3 is 2.86 bits per heavy atom. The highest BCUT2D eigenvalue weighted by Crippen LogP contribution is 2.26. The molecule has 1 aromatic heterocycles. The van der Waals surface area contributed by atoms with Crippen molar-refractivity contribution in [1.29, 1.82) is 5.26 Å². The van der Waals surface area contributed by atoms with Crippen LogP contribution in [0, 0.1) is 18.3 Å². The van der Waals surface area contributed by atoms with Gasteiger partial charge < -0.3 is 0 Å². The summed E-state index contributed by atoms with van der Waals surface area (Å²) >= 11 is 7.61. The summed E-state index contributed by atoms with van der Waals surface area (Å²) in [5.41, 5.74) is 1.35. The van der Waals surface area contributed by atoms with Crippen molar-refractivity contribution in [1.82, 2.24) is 4.98 Å². The van der Waals surface area contributed by atoms with E-state index in [-0.39, 0.29) is 0 Å². The molecule has 0 aromatic carbocycles. The van der Waals surface area contributed by atoms with Crippen LogP contribution < -0.4 is 0 Å². The Balaban J connectivity index is 3.02. The van der Waals surface area contributed by atoms with Crippen LogP contribution in [0.25, 0.3) is 5.03 Å². The SMILES string of the molecule is CCCC(C#N)=C(Cl)c1csc(C)n1. The number of halogens is 1. The zero-order chi connectivity index (χ0) is 10.6. The Bertz CT molecular complexity index is 387. The second kappa shape index (κ2) is 5.14. The highest BCUT2D eigenvalue weighted by atomic mass is 35.5. The van der Waals surface area contributed by atoms with Gasteiger partial charge in [-0.05, 0) is 13.3 Å². The molecule has 0 spiro atoms. The first-order valence-electron chi connectivity index (χ1n) is 4.40. The molecule has 4 heteroatoms. The Morgan fingerprint density at radius 2 is 2.43 bits per heavy atom. The van der Waals surface area contributed by atoms with Crippen LogP contribution in [0.1, 0.15) is 30.5 Å². The topological polar surface area (TPSA) is 36.7 Å². The largest absolute Gasteiger partial charge is 0.241 e. The van der Waals surface area contributed by atoms with Crippen molar-refractivity contribution in [2.24, 2.45) is 0 Å². The van der Waals surface area contributed by atoms with E-state index >= 15 is 0 Å². The third kappa shape index (κ3) is 2.57. The maximum Gasteiger partial charge on any atom is 0.0963 e. The van der Waals surface area contributed by atoms with E-state index in [1.54, 1.807) is 0 Å². The molecule has 0 saturated heterocycles. The quantitative estimate of drug-likeness (QED) is 0.737. The molecule has 2 nitrogen and oxygen atoms in total. The molecule has 0 aliphatic rings. The Morgan fingerprint density at radius 1 is 1.71 bits per heavy atom. The van der Waals surface area contributed by atoms with E-state index in [0.717, 1.165) is 17.1 Å². The van der Waals surface area contributed by atoms with Gasteiger partial charge >= 0.3 is 0 Å². The van der Waals surface area contributed by atoms with Crippen LogP contribution in [-0.4, -0.2) is 4.98 Å². The van der Waals surface area contributed by atoms with E-state index in [2.05, 4.69) is 11.1 Å². The van der Waals surface area contributed by atoms with Crippen molar-refractivity contribution in [2.45, 2.75) is 26.7 Å². The highest BCUT2D eigenvalue weighted by Gasteiger charge is 2.08. The van der Waals surface area contributed by atoms with Gasteiger partial charge in [0, 0.05) is 5.38 Å². The van der Waals surface area contributed by atoms with Gasteiger partial charge in [0.15, 0.2) is 0 Å². The van der Waals surface area contributed by atoms with Crippen molar-refractivity contribution in [3.05, 3.63) is 21.7 Å². The molecule has 0 radical (unpaired) electrons. The lowest BCUT2D eigenvalue weighted by Gasteiger charge is -1.98.